The molecule has 2 aliphatic carbocycles. The van der Waals surface area contributed by atoms with E-state index in [1.54, 1.807) is 7.11 Å². The molecule has 0 aliphatic heterocycles. The van der Waals surface area contributed by atoms with E-state index in [4.69, 9.17) is 4.74 Å². The Hall–Kier alpha value is -0.720. The predicted molar refractivity (Wildman–Crippen MR) is 54.4 cm³/mol. The molecule has 0 radical (unpaired) electrons. The Morgan fingerprint density at radius 2 is 2.23 bits per heavy atom. The summed E-state index contributed by atoms with van der Waals surface area (Å²) in [6.07, 6.45) is 11.0. The van der Waals surface area contributed by atoms with E-state index in [1.807, 2.05) is 0 Å². The van der Waals surface area contributed by atoms with Crippen LogP contribution in [0.3, 0.4) is 0 Å². The molecule has 0 saturated carbocycles. The minimum Gasteiger partial charge on any atom is -0.501 e. The van der Waals surface area contributed by atoms with E-state index in [0.717, 1.165) is 12.2 Å². The molecule has 0 bridgehead atoms. The number of hydrogen-bond donors (Lipinski definition) is 0. The molecule has 13 heavy (non-hydrogen) atoms. The zero-order valence-electron chi connectivity index (χ0n) is 8.60. The second-order valence-electron chi connectivity index (χ2n) is 4.43. The monoisotopic (exact) mass is 178 g/mol. The number of ether oxygens (including phenoxy) is 1. The van der Waals surface area contributed by atoms with Crippen LogP contribution in [-0.4, -0.2) is 7.11 Å². The van der Waals surface area contributed by atoms with E-state index in [2.05, 4.69) is 19.1 Å². The summed E-state index contributed by atoms with van der Waals surface area (Å²) in [5.41, 5.74) is 1.97. The Kier molecular flexibility index (Phi) is 2.19. The minimum atomic E-state index is 0.459. The molecular weight excluding hydrogens is 160 g/mol. The molecule has 2 aliphatic rings. The second kappa shape index (κ2) is 3.21. The minimum absolute atomic E-state index is 0.459. The lowest BCUT2D eigenvalue weighted by Crippen LogP contribution is -2.24. The van der Waals surface area contributed by atoms with Gasteiger partial charge in [-0.1, -0.05) is 13.0 Å². The third kappa shape index (κ3) is 1.52. The molecule has 1 nitrogen and oxygen atoms in total. The third-order valence-corrected chi connectivity index (χ3v) is 3.50. The number of hydrogen-bond acceptors (Lipinski definition) is 1. The normalized spacial score (nSPS) is 33.1. The van der Waals surface area contributed by atoms with Crippen molar-refractivity contribution in [2.24, 2.45) is 5.41 Å². The third-order valence-electron chi connectivity index (χ3n) is 3.50. The molecule has 0 aromatic carbocycles. The van der Waals surface area contributed by atoms with Gasteiger partial charge < -0.3 is 4.74 Å². The van der Waals surface area contributed by atoms with E-state index in [-0.39, 0.29) is 0 Å². The maximum atomic E-state index is 5.31. The molecule has 1 heteroatoms. The Bertz CT molecular complexity index is 262. The van der Waals surface area contributed by atoms with Gasteiger partial charge in [0.1, 0.15) is 0 Å². The van der Waals surface area contributed by atoms with Gasteiger partial charge in [0.2, 0.25) is 0 Å². The van der Waals surface area contributed by atoms with Gasteiger partial charge in [-0.05, 0) is 42.7 Å². The van der Waals surface area contributed by atoms with Crippen LogP contribution >= 0.6 is 0 Å². The highest BCUT2D eigenvalue weighted by Gasteiger charge is 2.32. The number of fused-ring (bicyclic) bond motifs is 1. The molecular formula is C12H18O. The van der Waals surface area contributed by atoms with Crippen molar-refractivity contribution in [2.45, 2.75) is 39.0 Å². The summed E-state index contributed by atoms with van der Waals surface area (Å²) in [4.78, 5) is 0. The Balaban J connectivity index is 2.29. The average molecular weight is 178 g/mol. The second-order valence-corrected chi connectivity index (χ2v) is 4.43. The summed E-state index contributed by atoms with van der Waals surface area (Å²) >= 11 is 0. The molecule has 0 amide bonds. The largest absolute Gasteiger partial charge is 0.501 e. The van der Waals surface area contributed by atoms with Gasteiger partial charge in [0.25, 0.3) is 0 Å². The first-order valence-electron chi connectivity index (χ1n) is 5.20. The molecule has 0 fully saturated rings. The van der Waals surface area contributed by atoms with Crippen molar-refractivity contribution in [1.82, 2.24) is 0 Å². The highest BCUT2D eigenvalue weighted by molar-refractivity contribution is 5.32. The van der Waals surface area contributed by atoms with Gasteiger partial charge in [-0.2, -0.15) is 0 Å². The van der Waals surface area contributed by atoms with Crippen molar-refractivity contribution < 1.29 is 4.74 Å². The zero-order chi connectivity index (χ0) is 9.31. The van der Waals surface area contributed by atoms with Crippen LogP contribution in [0.1, 0.15) is 39.0 Å². The van der Waals surface area contributed by atoms with Crippen molar-refractivity contribution in [1.29, 1.82) is 0 Å². The summed E-state index contributed by atoms with van der Waals surface area (Å²) in [5, 5.41) is 0. The number of methoxy groups -OCH3 is 1. The van der Waals surface area contributed by atoms with Gasteiger partial charge >= 0.3 is 0 Å². The summed E-state index contributed by atoms with van der Waals surface area (Å²) in [5.74, 6) is 1.16. The van der Waals surface area contributed by atoms with Gasteiger partial charge in [-0.3, -0.25) is 0 Å². The molecule has 0 spiro atoms. The van der Waals surface area contributed by atoms with Crippen LogP contribution in [0, 0.1) is 5.41 Å². The number of rotatable bonds is 1. The fraction of sp³-hybridized carbons (Fsp3) is 0.667. The summed E-state index contributed by atoms with van der Waals surface area (Å²) < 4.78 is 5.31. The number of allylic oxidation sites excluding steroid dienone is 4. The van der Waals surface area contributed by atoms with Crippen LogP contribution in [0.2, 0.25) is 0 Å². The molecule has 2 rings (SSSR count). The van der Waals surface area contributed by atoms with Crippen LogP contribution in [-0.2, 0) is 4.74 Å². The van der Waals surface area contributed by atoms with Crippen LogP contribution in [0.25, 0.3) is 0 Å². The molecule has 0 saturated heterocycles. The summed E-state index contributed by atoms with van der Waals surface area (Å²) in [6, 6.07) is 0. The van der Waals surface area contributed by atoms with Crippen molar-refractivity contribution >= 4 is 0 Å². The van der Waals surface area contributed by atoms with Gasteiger partial charge in [-0.25, -0.2) is 0 Å². The van der Waals surface area contributed by atoms with E-state index in [9.17, 15) is 0 Å². The lowest BCUT2D eigenvalue weighted by Gasteiger charge is -2.37. The highest BCUT2D eigenvalue weighted by atomic mass is 16.5. The van der Waals surface area contributed by atoms with Crippen molar-refractivity contribution in [3.05, 3.63) is 23.5 Å². The SMILES string of the molecule is COC1=CC2=CCCCC2(C)CC1. The average Bonchev–Trinajstić information content (AvgIpc) is 2.16. The van der Waals surface area contributed by atoms with Crippen molar-refractivity contribution in [3.8, 4) is 0 Å². The highest BCUT2D eigenvalue weighted by Crippen LogP contribution is 2.45. The lowest BCUT2D eigenvalue weighted by molar-refractivity contribution is 0.229. The first-order chi connectivity index (χ1) is 6.24. The summed E-state index contributed by atoms with van der Waals surface area (Å²) in [7, 11) is 1.78. The maximum Gasteiger partial charge on any atom is 0.0958 e. The molecule has 0 aromatic rings. The Morgan fingerprint density at radius 1 is 1.38 bits per heavy atom. The first kappa shape index (κ1) is 8.86. The predicted octanol–water partition coefficient (Wildman–Crippen LogP) is 3.43. The van der Waals surface area contributed by atoms with Crippen LogP contribution < -0.4 is 0 Å². The maximum absolute atomic E-state index is 5.31. The van der Waals surface area contributed by atoms with Crippen LogP contribution in [0.4, 0.5) is 0 Å². The summed E-state index contributed by atoms with van der Waals surface area (Å²) in [6.45, 7) is 2.39. The fourth-order valence-electron chi connectivity index (χ4n) is 2.45. The quantitative estimate of drug-likeness (QED) is 0.597. The fourth-order valence-corrected chi connectivity index (χ4v) is 2.45. The van der Waals surface area contributed by atoms with Gasteiger partial charge in [0.05, 0.1) is 12.9 Å². The van der Waals surface area contributed by atoms with E-state index < -0.39 is 0 Å². The van der Waals surface area contributed by atoms with E-state index >= 15 is 0 Å². The molecule has 1 atom stereocenters. The molecule has 0 heterocycles. The van der Waals surface area contributed by atoms with Crippen molar-refractivity contribution in [2.75, 3.05) is 7.11 Å². The van der Waals surface area contributed by atoms with Crippen molar-refractivity contribution in [3.63, 3.8) is 0 Å². The molecule has 0 N–H and O–H groups in total. The Labute approximate surface area is 80.5 Å². The van der Waals surface area contributed by atoms with Gasteiger partial charge in [0, 0.05) is 6.42 Å². The first-order valence-corrected chi connectivity index (χ1v) is 5.20. The molecule has 0 aromatic heterocycles. The van der Waals surface area contributed by atoms with E-state index in [1.165, 1.54) is 31.3 Å². The van der Waals surface area contributed by atoms with Crippen LogP contribution in [0.15, 0.2) is 23.5 Å². The molecule has 72 valence electrons. The van der Waals surface area contributed by atoms with Gasteiger partial charge in [-0.15, -0.1) is 0 Å². The Morgan fingerprint density at radius 3 is 3.00 bits per heavy atom. The van der Waals surface area contributed by atoms with Crippen LogP contribution in [0.5, 0.6) is 0 Å². The van der Waals surface area contributed by atoms with Gasteiger partial charge in [0.15, 0.2) is 0 Å². The topological polar surface area (TPSA) is 9.23 Å². The van der Waals surface area contributed by atoms with E-state index in [0.29, 0.717) is 5.41 Å². The smallest absolute Gasteiger partial charge is 0.0958 e. The standard InChI is InChI=1S/C12H18O/c1-12-7-4-3-5-10(12)9-11(13-2)6-8-12/h5,9H,3-4,6-8H2,1-2H3. The lowest BCUT2D eigenvalue weighted by atomic mass is 9.68. The zero-order valence-corrected chi connectivity index (χ0v) is 8.60. The molecule has 1 unspecified atom stereocenters.